The topological polar surface area (TPSA) is 53.5 Å². The van der Waals surface area contributed by atoms with E-state index in [2.05, 4.69) is 4.98 Å². The second-order valence-corrected chi connectivity index (χ2v) is 8.88. The standard InChI is InChI=1S/C17H15F2N3O2S2/c18-12-4-6-13(7-5-12)26(23,24)22-10-8-21(9-11-22)17-20-16-14(19)2-1-3-15(16)25-17/h1-7H,8-11H2. The van der Waals surface area contributed by atoms with Gasteiger partial charge in [-0.05, 0) is 36.4 Å². The number of para-hydroxylation sites is 1. The van der Waals surface area contributed by atoms with Crippen molar-refractivity contribution < 1.29 is 17.2 Å². The average molecular weight is 395 g/mol. The van der Waals surface area contributed by atoms with E-state index in [1.807, 2.05) is 11.0 Å². The quantitative estimate of drug-likeness (QED) is 0.684. The molecule has 0 unspecified atom stereocenters. The van der Waals surface area contributed by atoms with Crippen LogP contribution in [0.2, 0.25) is 0 Å². The first-order valence-corrected chi connectivity index (χ1v) is 10.3. The molecule has 1 aromatic heterocycles. The maximum absolute atomic E-state index is 13.8. The number of benzene rings is 2. The van der Waals surface area contributed by atoms with Gasteiger partial charge >= 0.3 is 0 Å². The van der Waals surface area contributed by atoms with Gasteiger partial charge in [-0.1, -0.05) is 17.4 Å². The lowest BCUT2D eigenvalue weighted by Gasteiger charge is -2.33. The third-order valence-electron chi connectivity index (χ3n) is 4.32. The van der Waals surface area contributed by atoms with Crippen LogP contribution in [0.3, 0.4) is 0 Å². The summed E-state index contributed by atoms with van der Waals surface area (Å²) in [6, 6.07) is 9.65. The second kappa shape index (κ2) is 6.57. The Morgan fingerprint density at radius 1 is 0.962 bits per heavy atom. The number of anilines is 1. The molecule has 1 aliphatic heterocycles. The molecule has 136 valence electrons. The number of nitrogens with zero attached hydrogens (tertiary/aromatic N) is 3. The number of hydrogen-bond donors (Lipinski definition) is 0. The Balaban J connectivity index is 1.51. The van der Waals surface area contributed by atoms with Crippen molar-refractivity contribution in [3.05, 3.63) is 54.1 Å². The molecule has 0 N–H and O–H groups in total. The molecular formula is C17H15F2N3O2S2. The van der Waals surface area contributed by atoms with Gasteiger partial charge in [-0.25, -0.2) is 22.2 Å². The summed E-state index contributed by atoms with van der Waals surface area (Å²) in [5.74, 6) is -0.834. The molecule has 0 radical (unpaired) electrons. The molecule has 1 fully saturated rings. The molecule has 9 heteroatoms. The van der Waals surface area contributed by atoms with Gasteiger partial charge in [0.15, 0.2) is 5.13 Å². The smallest absolute Gasteiger partial charge is 0.243 e. The van der Waals surface area contributed by atoms with E-state index in [0.717, 1.165) is 16.8 Å². The lowest BCUT2D eigenvalue weighted by Crippen LogP contribution is -2.48. The van der Waals surface area contributed by atoms with Gasteiger partial charge in [0.25, 0.3) is 0 Å². The van der Waals surface area contributed by atoms with Crippen LogP contribution in [0, 0.1) is 11.6 Å². The summed E-state index contributed by atoms with van der Waals surface area (Å²) in [6.07, 6.45) is 0. The first-order chi connectivity index (χ1) is 12.4. The van der Waals surface area contributed by atoms with E-state index in [0.29, 0.717) is 23.7 Å². The Morgan fingerprint density at radius 3 is 2.31 bits per heavy atom. The summed E-state index contributed by atoms with van der Waals surface area (Å²) in [5.41, 5.74) is 0.342. The summed E-state index contributed by atoms with van der Waals surface area (Å²) in [6.45, 7) is 1.50. The van der Waals surface area contributed by atoms with Crippen LogP contribution in [-0.2, 0) is 10.0 Å². The van der Waals surface area contributed by atoms with Crippen LogP contribution >= 0.6 is 11.3 Å². The van der Waals surface area contributed by atoms with Crippen molar-refractivity contribution in [2.45, 2.75) is 4.90 Å². The lowest BCUT2D eigenvalue weighted by molar-refractivity contribution is 0.384. The molecule has 3 aromatic rings. The third kappa shape index (κ3) is 3.06. The molecule has 0 amide bonds. The van der Waals surface area contributed by atoms with E-state index < -0.39 is 15.8 Å². The normalized spacial score (nSPS) is 16.3. The molecule has 0 spiro atoms. The summed E-state index contributed by atoms with van der Waals surface area (Å²) in [7, 11) is -3.65. The number of piperazine rings is 1. The van der Waals surface area contributed by atoms with Crippen molar-refractivity contribution in [2.75, 3.05) is 31.1 Å². The van der Waals surface area contributed by atoms with Gasteiger partial charge < -0.3 is 4.90 Å². The van der Waals surface area contributed by atoms with E-state index in [9.17, 15) is 17.2 Å². The largest absolute Gasteiger partial charge is 0.345 e. The van der Waals surface area contributed by atoms with Gasteiger partial charge in [0, 0.05) is 26.2 Å². The molecule has 0 aliphatic carbocycles. The molecule has 0 saturated carbocycles. The van der Waals surface area contributed by atoms with Crippen molar-refractivity contribution in [1.29, 1.82) is 0 Å². The van der Waals surface area contributed by atoms with E-state index in [4.69, 9.17) is 0 Å². The van der Waals surface area contributed by atoms with E-state index in [1.165, 1.54) is 33.8 Å². The van der Waals surface area contributed by atoms with Gasteiger partial charge in [-0.3, -0.25) is 0 Å². The predicted molar refractivity (Wildman–Crippen MR) is 96.9 cm³/mol. The Morgan fingerprint density at radius 2 is 1.65 bits per heavy atom. The fourth-order valence-corrected chi connectivity index (χ4v) is 5.37. The number of rotatable bonds is 3. The van der Waals surface area contributed by atoms with Crippen molar-refractivity contribution in [2.24, 2.45) is 0 Å². The van der Waals surface area contributed by atoms with Gasteiger partial charge in [0.1, 0.15) is 17.2 Å². The van der Waals surface area contributed by atoms with Crippen molar-refractivity contribution in [3.63, 3.8) is 0 Å². The van der Waals surface area contributed by atoms with Crippen LogP contribution in [0.1, 0.15) is 0 Å². The highest BCUT2D eigenvalue weighted by molar-refractivity contribution is 7.89. The molecule has 2 heterocycles. The minimum Gasteiger partial charge on any atom is -0.345 e. The number of aromatic nitrogens is 1. The highest BCUT2D eigenvalue weighted by Crippen LogP contribution is 2.31. The monoisotopic (exact) mass is 395 g/mol. The molecule has 4 rings (SSSR count). The zero-order chi connectivity index (χ0) is 18.3. The third-order valence-corrected chi connectivity index (χ3v) is 7.31. The maximum atomic E-state index is 13.8. The summed E-state index contributed by atoms with van der Waals surface area (Å²) >= 11 is 1.39. The summed E-state index contributed by atoms with van der Waals surface area (Å²) in [5, 5.41) is 0.684. The number of fused-ring (bicyclic) bond motifs is 1. The van der Waals surface area contributed by atoms with Crippen LogP contribution < -0.4 is 4.90 Å². The van der Waals surface area contributed by atoms with E-state index in [1.54, 1.807) is 6.07 Å². The number of hydrogen-bond acceptors (Lipinski definition) is 5. The average Bonchev–Trinajstić information content (AvgIpc) is 3.08. The van der Waals surface area contributed by atoms with Gasteiger partial charge in [-0.15, -0.1) is 0 Å². The molecule has 0 bridgehead atoms. The summed E-state index contributed by atoms with van der Waals surface area (Å²) in [4.78, 5) is 6.39. The van der Waals surface area contributed by atoms with Crippen LogP contribution in [-0.4, -0.2) is 43.9 Å². The fourth-order valence-electron chi connectivity index (χ4n) is 2.91. The number of thiazole rings is 1. The van der Waals surface area contributed by atoms with Crippen molar-refractivity contribution in [3.8, 4) is 0 Å². The SMILES string of the molecule is O=S(=O)(c1ccc(F)cc1)N1CCN(c2nc3c(F)cccc3s2)CC1. The van der Waals surface area contributed by atoms with Gasteiger partial charge in [-0.2, -0.15) is 4.31 Å². The number of halogens is 2. The van der Waals surface area contributed by atoms with Crippen LogP contribution in [0.4, 0.5) is 13.9 Å². The van der Waals surface area contributed by atoms with Crippen LogP contribution in [0.5, 0.6) is 0 Å². The number of sulfonamides is 1. The molecule has 1 saturated heterocycles. The molecule has 5 nitrogen and oxygen atoms in total. The van der Waals surface area contributed by atoms with E-state index >= 15 is 0 Å². The van der Waals surface area contributed by atoms with Gasteiger partial charge in [0.2, 0.25) is 10.0 Å². The van der Waals surface area contributed by atoms with Crippen molar-refractivity contribution >= 4 is 36.7 Å². The lowest BCUT2D eigenvalue weighted by atomic mass is 10.3. The maximum Gasteiger partial charge on any atom is 0.243 e. The minimum atomic E-state index is -3.65. The highest BCUT2D eigenvalue weighted by atomic mass is 32.2. The Hall–Kier alpha value is -2.10. The molecule has 2 aromatic carbocycles. The minimum absolute atomic E-state index is 0.0782. The predicted octanol–water partition coefficient (Wildman–Crippen LogP) is 3.09. The Kier molecular flexibility index (Phi) is 4.37. The molecule has 1 aliphatic rings. The second-order valence-electron chi connectivity index (χ2n) is 5.93. The van der Waals surface area contributed by atoms with Crippen molar-refractivity contribution in [1.82, 2.24) is 9.29 Å². The molecule has 26 heavy (non-hydrogen) atoms. The molecular weight excluding hydrogens is 380 g/mol. The molecule has 0 atom stereocenters. The van der Waals surface area contributed by atoms with Crippen LogP contribution in [0.15, 0.2) is 47.4 Å². The van der Waals surface area contributed by atoms with E-state index in [-0.39, 0.29) is 23.8 Å². The first kappa shape index (κ1) is 17.3. The fraction of sp³-hybridized carbons (Fsp3) is 0.235. The van der Waals surface area contributed by atoms with Crippen LogP contribution in [0.25, 0.3) is 10.2 Å². The highest BCUT2D eigenvalue weighted by Gasteiger charge is 2.29. The summed E-state index contributed by atoms with van der Waals surface area (Å²) < 4.78 is 54.3. The zero-order valence-electron chi connectivity index (χ0n) is 13.6. The Bertz CT molecular complexity index is 1040. The zero-order valence-corrected chi connectivity index (χ0v) is 15.2. The Labute approximate surface area is 153 Å². The first-order valence-electron chi connectivity index (χ1n) is 8.01. The van der Waals surface area contributed by atoms with Gasteiger partial charge in [0.05, 0.1) is 9.60 Å².